The molecule has 76 valence electrons. The van der Waals surface area contributed by atoms with Gasteiger partial charge in [0.05, 0.1) is 18.6 Å². The Balaban J connectivity index is 3.13. The molecule has 0 fully saturated rings. The average molecular weight is 280 g/mol. The zero-order chi connectivity index (χ0) is 10.7. The molecule has 0 saturated carbocycles. The molecule has 0 heterocycles. The van der Waals surface area contributed by atoms with Gasteiger partial charge in [0.2, 0.25) is 0 Å². The molecule has 0 amide bonds. The molecule has 1 rings (SSSR count). The third-order valence-electron chi connectivity index (χ3n) is 1.67. The van der Waals surface area contributed by atoms with Crippen molar-refractivity contribution in [1.29, 1.82) is 0 Å². The Hall–Kier alpha value is -0.740. The van der Waals surface area contributed by atoms with Gasteiger partial charge in [-0.2, -0.15) is 0 Å². The van der Waals surface area contributed by atoms with E-state index in [0.717, 1.165) is 0 Å². The van der Waals surface area contributed by atoms with Crippen LogP contribution in [0.4, 0.5) is 0 Å². The maximum absolute atomic E-state index is 10.5. The zero-order valence-corrected chi connectivity index (χ0v) is 9.72. The van der Waals surface area contributed by atoms with Crippen molar-refractivity contribution in [3.8, 4) is 5.75 Å². The Morgan fingerprint density at radius 2 is 2.29 bits per heavy atom. The SMILES string of the molecule is COc1cc(Br)c(Cl)cc1CC(=O)O. The van der Waals surface area contributed by atoms with E-state index in [9.17, 15) is 4.79 Å². The van der Waals surface area contributed by atoms with Crippen LogP contribution in [0.1, 0.15) is 5.56 Å². The number of hydrogen-bond acceptors (Lipinski definition) is 2. The van der Waals surface area contributed by atoms with Gasteiger partial charge in [-0.25, -0.2) is 0 Å². The molecule has 0 aliphatic heterocycles. The maximum Gasteiger partial charge on any atom is 0.307 e. The Labute approximate surface area is 94.8 Å². The van der Waals surface area contributed by atoms with E-state index >= 15 is 0 Å². The summed E-state index contributed by atoms with van der Waals surface area (Å²) in [6.45, 7) is 0. The highest BCUT2D eigenvalue weighted by Crippen LogP contribution is 2.31. The highest BCUT2D eigenvalue weighted by molar-refractivity contribution is 9.10. The lowest BCUT2D eigenvalue weighted by Gasteiger charge is -2.08. The second kappa shape index (κ2) is 4.66. The molecule has 3 nitrogen and oxygen atoms in total. The molecule has 0 radical (unpaired) electrons. The predicted molar refractivity (Wildman–Crippen MR) is 57.0 cm³/mol. The third kappa shape index (κ3) is 2.62. The summed E-state index contributed by atoms with van der Waals surface area (Å²) in [5.41, 5.74) is 0.563. The van der Waals surface area contributed by atoms with Crippen molar-refractivity contribution in [2.75, 3.05) is 7.11 Å². The van der Waals surface area contributed by atoms with Gasteiger partial charge >= 0.3 is 5.97 Å². The van der Waals surface area contributed by atoms with Gasteiger partial charge in [-0.3, -0.25) is 4.79 Å². The topological polar surface area (TPSA) is 46.5 Å². The fourth-order valence-corrected chi connectivity index (χ4v) is 1.57. The van der Waals surface area contributed by atoms with Crippen LogP contribution in [-0.4, -0.2) is 18.2 Å². The number of carboxylic acid groups (broad SMARTS) is 1. The molecule has 0 unspecified atom stereocenters. The van der Waals surface area contributed by atoms with E-state index in [2.05, 4.69) is 15.9 Å². The fraction of sp³-hybridized carbons (Fsp3) is 0.222. The predicted octanol–water partition coefficient (Wildman–Crippen LogP) is 2.74. The summed E-state index contributed by atoms with van der Waals surface area (Å²) < 4.78 is 5.72. The second-order valence-electron chi connectivity index (χ2n) is 2.65. The smallest absolute Gasteiger partial charge is 0.307 e. The van der Waals surface area contributed by atoms with Crippen LogP contribution in [0.2, 0.25) is 5.02 Å². The first-order valence-corrected chi connectivity index (χ1v) is 4.95. The molecule has 0 aromatic heterocycles. The Bertz CT molecular complexity index is 365. The molecule has 1 aromatic carbocycles. The van der Waals surface area contributed by atoms with Crippen LogP contribution in [0.15, 0.2) is 16.6 Å². The molecule has 0 bridgehead atoms. The maximum atomic E-state index is 10.5. The first-order valence-electron chi connectivity index (χ1n) is 3.78. The number of halogens is 2. The summed E-state index contributed by atoms with van der Waals surface area (Å²) in [5, 5.41) is 9.11. The number of rotatable bonds is 3. The summed E-state index contributed by atoms with van der Waals surface area (Å²) in [4.78, 5) is 10.5. The van der Waals surface area contributed by atoms with E-state index in [-0.39, 0.29) is 6.42 Å². The number of carbonyl (C=O) groups is 1. The van der Waals surface area contributed by atoms with Gasteiger partial charge in [0, 0.05) is 10.0 Å². The number of benzene rings is 1. The van der Waals surface area contributed by atoms with E-state index in [1.54, 1.807) is 12.1 Å². The molecule has 0 aliphatic carbocycles. The molecule has 0 atom stereocenters. The molecule has 0 aliphatic rings. The van der Waals surface area contributed by atoms with Crippen LogP contribution in [-0.2, 0) is 11.2 Å². The Kier molecular flexibility index (Phi) is 3.77. The van der Waals surface area contributed by atoms with Crippen molar-refractivity contribution in [2.24, 2.45) is 0 Å². The standard InChI is InChI=1S/C9H8BrClO3/c1-14-8-4-6(10)7(11)2-5(8)3-9(12)13/h2,4H,3H2,1H3,(H,12,13). The lowest BCUT2D eigenvalue weighted by molar-refractivity contribution is -0.136. The van der Waals surface area contributed by atoms with Gasteiger partial charge in [-0.05, 0) is 28.1 Å². The number of aliphatic carboxylic acids is 1. The lowest BCUT2D eigenvalue weighted by Crippen LogP contribution is -2.02. The van der Waals surface area contributed by atoms with Crippen LogP contribution >= 0.6 is 27.5 Å². The molecule has 0 spiro atoms. The minimum absolute atomic E-state index is 0.101. The molecule has 1 N–H and O–H groups in total. The van der Waals surface area contributed by atoms with E-state index < -0.39 is 5.97 Å². The number of hydrogen-bond donors (Lipinski definition) is 1. The van der Waals surface area contributed by atoms with Gasteiger partial charge in [0.15, 0.2) is 0 Å². The van der Waals surface area contributed by atoms with Gasteiger partial charge < -0.3 is 9.84 Å². The minimum Gasteiger partial charge on any atom is -0.496 e. The summed E-state index contributed by atoms with van der Waals surface area (Å²) in [5.74, 6) is -0.398. The van der Waals surface area contributed by atoms with E-state index in [4.69, 9.17) is 21.4 Å². The van der Waals surface area contributed by atoms with Crippen molar-refractivity contribution in [2.45, 2.75) is 6.42 Å². The number of carboxylic acids is 1. The molecular formula is C9H8BrClO3. The van der Waals surface area contributed by atoms with Crippen LogP contribution in [0.5, 0.6) is 5.75 Å². The van der Waals surface area contributed by atoms with Crippen molar-refractivity contribution < 1.29 is 14.6 Å². The van der Waals surface area contributed by atoms with Crippen LogP contribution in [0.3, 0.4) is 0 Å². The van der Waals surface area contributed by atoms with Gasteiger partial charge in [0.1, 0.15) is 5.75 Å². The largest absolute Gasteiger partial charge is 0.496 e. The Morgan fingerprint density at radius 3 is 2.79 bits per heavy atom. The van der Waals surface area contributed by atoms with Crippen LogP contribution in [0, 0.1) is 0 Å². The lowest BCUT2D eigenvalue weighted by atomic mass is 10.1. The van der Waals surface area contributed by atoms with Crippen LogP contribution < -0.4 is 4.74 Å². The minimum atomic E-state index is -0.915. The molecule has 5 heteroatoms. The van der Waals surface area contributed by atoms with E-state index in [0.29, 0.717) is 20.8 Å². The van der Waals surface area contributed by atoms with Crippen molar-refractivity contribution >= 4 is 33.5 Å². The summed E-state index contributed by atoms with van der Waals surface area (Å²) in [7, 11) is 1.49. The van der Waals surface area contributed by atoms with Gasteiger partial charge in [0.25, 0.3) is 0 Å². The first kappa shape index (κ1) is 11.3. The molecule has 14 heavy (non-hydrogen) atoms. The monoisotopic (exact) mass is 278 g/mol. The second-order valence-corrected chi connectivity index (χ2v) is 3.91. The molecular weight excluding hydrogens is 271 g/mol. The Morgan fingerprint density at radius 1 is 1.64 bits per heavy atom. The van der Waals surface area contributed by atoms with Crippen molar-refractivity contribution in [3.63, 3.8) is 0 Å². The average Bonchev–Trinajstić information content (AvgIpc) is 2.10. The molecule has 1 aromatic rings. The highest BCUT2D eigenvalue weighted by Gasteiger charge is 2.10. The zero-order valence-electron chi connectivity index (χ0n) is 7.38. The first-order chi connectivity index (χ1) is 6.54. The fourth-order valence-electron chi connectivity index (χ4n) is 1.06. The summed E-state index contributed by atoms with van der Waals surface area (Å²) in [6.07, 6.45) is -0.101. The molecule has 0 saturated heterocycles. The third-order valence-corrected chi connectivity index (χ3v) is 2.86. The quantitative estimate of drug-likeness (QED) is 0.925. The highest BCUT2D eigenvalue weighted by atomic mass is 79.9. The summed E-state index contributed by atoms with van der Waals surface area (Å²) >= 11 is 9.06. The van der Waals surface area contributed by atoms with Crippen LogP contribution in [0.25, 0.3) is 0 Å². The van der Waals surface area contributed by atoms with Crippen molar-refractivity contribution in [3.05, 3.63) is 27.2 Å². The van der Waals surface area contributed by atoms with Gasteiger partial charge in [-0.15, -0.1) is 0 Å². The van der Waals surface area contributed by atoms with E-state index in [1.165, 1.54) is 7.11 Å². The van der Waals surface area contributed by atoms with E-state index in [1.807, 2.05) is 0 Å². The number of ether oxygens (including phenoxy) is 1. The van der Waals surface area contributed by atoms with Crippen molar-refractivity contribution in [1.82, 2.24) is 0 Å². The summed E-state index contributed by atoms with van der Waals surface area (Å²) in [6, 6.07) is 3.24. The van der Waals surface area contributed by atoms with Gasteiger partial charge in [-0.1, -0.05) is 11.6 Å². The number of methoxy groups -OCH3 is 1. The normalized spacial score (nSPS) is 9.93.